The maximum Gasteiger partial charge on any atom is 0.307 e. The highest BCUT2D eigenvalue weighted by atomic mass is 32.2. The summed E-state index contributed by atoms with van der Waals surface area (Å²) in [5.41, 5.74) is 0. The Morgan fingerprint density at radius 2 is 2.15 bits per heavy atom. The number of hydrogen-bond acceptors (Lipinski definition) is 3. The largest absolute Gasteiger partial charge is 0.481 e. The second-order valence-corrected chi connectivity index (χ2v) is 4.63. The van der Waals surface area contributed by atoms with E-state index < -0.39 is 22.1 Å². The lowest BCUT2D eigenvalue weighted by molar-refractivity contribution is -0.142. The summed E-state index contributed by atoms with van der Waals surface area (Å²) >= 11 is 0. The lowest BCUT2D eigenvalue weighted by atomic mass is 10.0. The van der Waals surface area contributed by atoms with Gasteiger partial charge < -0.3 is 5.11 Å². The third kappa shape index (κ3) is 2.64. The van der Waals surface area contributed by atoms with Crippen molar-refractivity contribution in [3.8, 4) is 0 Å². The standard InChI is InChI=1S/C6H12N2O4S/c7-13(11,12)8-3-1-2-5(4-8)6(9)10/h5H,1-4H2,(H,9,10)(H2,7,11,12)/t5-/m0/s1. The van der Waals surface area contributed by atoms with E-state index in [2.05, 4.69) is 0 Å². The van der Waals surface area contributed by atoms with Gasteiger partial charge in [0.1, 0.15) is 0 Å². The molecule has 0 amide bonds. The van der Waals surface area contributed by atoms with Gasteiger partial charge in [0.2, 0.25) is 0 Å². The molecule has 0 aromatic carbocycles. The molecule has 0 spiro atoms. The normalized spacial score (nSPS) is 25.8. The average Bonchev–Trinajstić information content (AvgIpc) is 2.03. The summed E-state index contributed by atoms with van der Waals surface area (Å²) in [4.78, 5) is 10.6. The van der Waals surface area contributed by atoms with E-state index in [4.69, 9.17) is 10.2 Å². The second-order valence-electron chi connectivity index (χ2n) is 3.08. The first-order valence-electron chi connectivity index (χ1n) is 3.92. The molecule has 1 heterocycles. The third-order valence-electron chi connectivity index (χ3n) is 2.09. The Morgan fingerprint density at radius 3 is 2.62 bits per heavy atom. The predicted molar refractivity (Wildman–Crippen MR) is 45.0 cm³/mol. The van der Waals surface area contributed by atoms with Crippen molar-refractivity contribution in [1.29, 1.82) is 0 Å². The molecule has 0 aromatic heterocycles. The molecule has 1 rings (SSSR count). The summed E-state index contributed by atoms with van der Waals surface area (Å²) < 4.78 is 22.7. The molecule has 1 fully saturated rings. The first-order valence-corrected chi connectivity index (χ1v) is 5.42. The molecule has 7 heteroatoms. The Labute approximate surface area is 76.5 Å². The molecule has 1 aliphatic heterocycles. The maximum absolute atomic E-state index is 10.9. The van der Waals surface area contributed by atoms with Crippen molar-refractivity contribution < 1.29 is 18.3 Å². The summed E-state index contributed by atoms with van der Waals surface area (Å²) in [5.74, 6) is -1.58. The number of nitrogens with zero attached hydrogens (tertiary/aromatic N) is 1. The zero-order chi connectivity index (χ0) is 10.1. The Bertz CT molecular complexity index is 300. The Balaban J connectivity index is 2.67. The molecule has 13 heavy (non-hydrogen) atoms. The van der Waals surface area contributed by atoms with Gasteiger partial charge in [0, 0.05) is 13.1 Å². The molecule has 6 nitrogen and oxygen atoms in total. The fourth-order valence-electron chi connectivity index (χ4n) is 1.38. The van der Waals surface area contributed by atoms with Crippen molar-refractivity contribution in [2.75, 3.05) is 13.1 Å². The Hall–Kier alpha value is -0.660. The molecule has 0 saturated carbocycles. The van der Waals surface area contributed by atoms with Crippen LogP contribution in [0.15, 0.2) is 0 Å². The number of hydrogen-bond donors (Lipinski definition) is 2. The van der Waals surface area contributed by atoms with E-state index in [9.17, 15) is 13.2 Å². The highest BCUT2D eigenvalue weighted by molar-refractivity contribution is 7.86. The zero-order valence-corrected chi connectivity index (χ0v) is 7.83. The van der Waals surface area contributed by atoms with Gasteiger partial charge in [-0.1, -0.05) is 0 Å². The molecule has 0 aromatic rings. The minimum absolute atomic E-state index is 0.00579. The van der Waals surface area contributed by atoms with Crippen molar-refractivity contribution in [1.82, 2.24) is 4.31 Å². The van der Waals surface area contributed by atoms with Crippen LogP contribution in [0.4, 0.5) is 0 Å². The molecule has 1 atom stereocenters. The van der Waals surface area contributed by atoms with Gasteiger partial charge in [-0.05, 0) is 12.8 Å². The number of carbonyl (C=O) groups is 1. The van der Waals surface area contributed by atoms with Gasteiger partial charge in [-0.3, -0.25) is 4.79 Å². The van der Waals surface area contributed by atoms with Crippen LogP contribution in [0.2, 0.25) is 0 Å². The quantitative estimate of drug-likeness (QED) is 0.607. The van der Waals surface area contributed by atoms with E-state index in [0.717, 1.165) is 4.31 Å². The maximum atomic E-state index is 10.9. The number of piperidine rings is 1. The van der Waals surface area contributed by atoms with Gasteiger partial charge in [0.15, 0.2) is 0 Å². The van der Waals surface area contributed by atoms with E-state index >= 15 is 0 Å². The topological polar surface area (TPSA) is 101 Å². The zero-order valence-electron chi connectivity index (χ0n) is 7.01. The lowest BCUT2D eigenvalue weighted by Gasteiger charge is -2.27. The Morgan fingerprint density at radius 1 is 1.54 bits per heavy atom. The monoisotopic (exact) mass is 208 g/mol. The molecule has 0 aliphatic carbocycles. The number of nitrogens with two attached hydrogens (primary N) is 1. The van der Waals surface area contributed by atoms with Gasteiger partial charge in [-0.15, -0.1) is 0 Å². The number of carboxylic acid groups (broad SMARTS) is 1. The van der Waals surface area contributed by atoms with Gasteiger partial charge in [0.25, 0.3) is 10.2 Å². The molecule has 3 N–H and O–H groups in total. The number of rotatable bonds is 2. The summed E-state index contributed by atoms with van der Waals surface area (Å²) in [5, 5.41) is 13.5. The van der Waals surface area contributed by atoms with Crippen LogP contribution in [0.5, 0.6) is 0 Å². The van der Waals surface area contributed by atoms with E-state index in [1.807, 2.05) is 0 Å². The number of aliphatic carboxylic acids is 1. The predicted octanol–water partition coefficient (Wildman–Crippen LogP) is -1.01. The molecular weight excluding hydrogens is 196 g/mol. The molecule has 76 valence electrons. The van der Waals surface area contributed by atoms with E-state index in [1.54, 1.807) is 0 Å². The van der Waals surface area contributed by atoms with Gasteiger partial charge in [0.05, 0.1) is 5.92 Å². The van der Waals surface area contributed by atoms with Gasteiger partial charge in [-0.25, -0.2) is 5.14 Å². The van der Waals surface area contributed by atoms with Crippen LogP contribution in [0, 0.1) is 5.92 Å². The molecule has 0 radical (unpaired) electrons. The highest BCUT2D eigenvalue weighted by Crippen LogP contribution is 2.17. The SMILES string of the molecule is NS(=O)(=O)N1CCC[C@H](C(=O)O)C1. The summed E-state index contributed by atoms with van der Waals surface area (Å²) in [6, 6.07) is 0. The van der Waals surface area contributed by atoms with Crippen LogP contribution in [0.1, 0.15) is 12.8 Å². The average molecular weight is 208 g/mol. The van der Waals surface area contributed by atoms with Crippen LogP contribution in [-0.2, 0) is 15.0 Å². The van der Waals surface area contributed by atoms with Crippen molar-refractivity contribution in [3.05, 3.63) is 0 Å². The Kier molecular flexibility index (Phi) is 2.89. The smallest absolute Gasteiger partial charge is 0.307 e. The van der Waals surface area contributed by atoms with Crippen LogP contribution in [-0.4, -0.2) is 36.9 Å². The number of carboxylic acids is 1. The first kappa shape index (κ1) is 10.4. The van der Waals surface area contributed by atoms with Gasteiger partial charge in [-0.2, -0.15) is 12.7 Å². The molecule has 1 aliphatic rings. The highest BCUT2D eigenvalue weighted by Gasteiger charge is 2.30. The summed E-state index contributed by atoms with van der Waals surface area (Å²) in [6.45, 7) is 0.316. The molecular formula is C6H12N2O4S. The summed E-state index contributed by atoms with van der Waals surface area (Å²) in [6.07, 6.45) is 1.06. The van der Waals surface area contributed by atoms with Crippen LogP contribution in [0.3, 0.4) is 0 Å². The van der Waals surface area contributed by atoms with E-state index in [0.29, 0.717) is 19.4 Å². The van der Waals surface area contributed by atoms with Crippen molar-refractivity contribution in [3.63, 3.8) is 0 Å². The van der Waals surface area contributed by atoms with E-state index in [-0.39, 0.29) is 6.54 Å². The minimum atomic E-state index is -3.72. The third-order valence-corrected chi connectivity index (χ3v) is 3.14. The fourth-order valence-corrected chi connectivity index (χ4v) is 2.15. The minimum Gasteiger partial charge on any atom is -0.481 e. The fraction of sp³-hybridized carbons (Fsp3) is 0.833. The molecule has 0 bridgehead atoms. The van der Waals surface area contributed by atoms with Crippen molar-refractivity contribution >= 4 is 16.2 Å². The summed E-state index contributed by atoms with van der Waals surface area (Å²) in [7, 11) is -3.72. The van der Waals surface area contributed by atoms with Crippen LogP contribution < -0.4 is 5.14 Å². The van der Waals surface area contributed by atoms with E-state index in [1.165, 1.54) is 0 Å². The molecule has 1 saturated heterocycles. The van der Waals surface area contributed by atoms with Crippen LogP contribution >= 0.6 is 0 Å². The second kappa shape index (κ2) is 3.60. The first-order chi connectivity index (χ1) is 5.91. The van der Waals surface area contributed by atoms with Crippen molar-refractivity contribution in [2.24, 2.45) is 11.1 Å². The van der Waals surface area contributed by atoms with Gasteiger partial charge >= 0.3 is 5.97 Å². The lowest BCUT2D eigenvalue weighted by Crippen LogP contribution is -2.45. The van der Waals surface area contributed by atoms with Crippen molar-refractivity contribution in [2.45, 2.75) is 12.8 Å². The van der Waals surface area contributed by atoms with Crippen LogP contribution in [0.25, 0.3) is 0 Å². The molecule has 0 unspecified atom stereocenters.